The number of aryl methyl sites for hydroxylation is 2. The fourth-order valence-corrected chi connectivity index (χ4v) is 4.96. The van der Waals surface area contributed by atoms with Crippen molar-refractivity contribution in [2.75, 3.05) is 0 Å². The van der Waals surface area contributed by atoms with Gasteiger partial charge in [-0.25, -0.2) is 0 Å². The minimum atomic E-state index is -2.45. The van der Waals surface area contributed by atoms with Crippen molar-refractivity contribution in [3.8, 4) is 11.5 Å². The normalized spacial score (nSPS) is 28.5. The number of carbonyl (C=O) groups excluding carboxylic acids is 2. The lowest BCUT2D eigenvalue weighted by Gasteiger charge is -2.49. The number of nitrogens with two attached hydrogens (primary N) is 1. The first-order valence-corrected chi connectivity index (χ1v) is 9.55. The van der Waals surface area contributed by atoms with Crippen LogP contribution < -0.4 is 5.73 Å². The number of phenols is 2. The molecule has 0 bridgehead atoms. The lowest BCUT2D eigenvalue weighted by Crippen LogP contribution is -2.62. The number of aromatic hydroxyl groups is 2. The highest BCUT2D eigenvalue weighted by Gasteiger charge is 2.60. The van der Waals surface area contributed by atoms with Crippen LogP contribution in [0.15, 0.2) is 23.5 Å². The Morgan fingerprint density at radius 2 is 1.80 bits per heavy atom. The number of aliphatic hydroxyl groups is 3. The van der Waals surface area contributed by atoms with E-state index in [9.17, 15) is 35.1 Å². The summed E-state index contributed by atoms with van der Waals surface area (Å²) in [5.74, 6) is -4.27. The summed E-state index contributed by atoms with van der Waals surface area (Å²) < 4.78 is 0. The first-order valence-electron chi connectivity index (χ1n) is 9.55. The average Bonchev–Trinajstić information content (AvgIpc) is 2.68. The molecule has 2 aromatic rings. The summed E-state index contributed by atoms with van der Waals surface area (Å²) in [4.78, 5) is 24.5. The monoisotopic (exact) mass is 413 g/mol. The number of hydrogen-bond acceptors (Lipinski definition) is 8. The van der Waals surface area contributed by atoms with Crippen LogP contribution in [0, 0.1) is 19.8 Å². The maximum absolute atomic E-state index is 12.6. The molecule has 4 rings (SSSR count). The number of phenolic OH excluding ortho intramolecular Hbond substituents is 2. The molecule has 0 radical (unpaired) electrons. The fourth-order valence-electron chi connectivity index (χ4n) is 4.96. The van der Waals surface area contributed by atoms with E-state index >= 15 is 0 Å². The van der Waals surface area contributed by atoms with Gasteiger partial charge in [0.25, 0.3) is 0 Å². The van der Waals surface area contributed by atoms with Gasteiger partial charge in [0.2, 0.25) is 0 Å². The van der Waals surface area contributed by atoms with Gasteiger partial charge in [0, 0.05) is 11.5 Å². The Morgan fingerprint density at radius 3 is 2.40 bits per heavy atom. The van der Waals surface area contributed by atoms with Crippen LogP contribution in [0.1, 0.15) is 35.3 Å². The van der Waals surface area contributed by atoms with Gasteiger partial charge in [-0.15, -0.1) is 0 Å². The molecule has 30 heavy (non-hydrogen) atoms. The van der Waals surface area contributed by atoms with Crippen molar-refractivity contribution in [1.29, 1.82) is 0 Å². The number of ketones is 2. The second-order valence-electron chi connectivity index (χ2n) is 8.23. The molecule has 0 heterocycles. The summed E-state index contributed by atoms with van der Waals surface area (Å²) >= 11 is 0. The highest BCUT2D eigenvalue weighted by Crippen LogP contribution is 2.54. The first kappa shape index (κ1) is 20.3. The van der Waals surface area contributed by atoms with E-state index in [-0.39, 0.29) is 23.1 Å². The van der Waals surface area contributed by atoms with E-state index in [1.54, 1.807) is 26.0 Å². The van der Waals surface area contributed by atoms with Gasteiger partial charge in [0.15, 0.2) is 17.2 Å². The summed E-state index contributed by atoms with van der Waals surface area (Å²) in [7, 11) is 0. The van der Waals surface area contributed by atoms with Gasteiger partial charge < -0.3 is 31.3 Å². The molecular formula is C22H23NO7. The molecule has 0 aromatic heterocycles. The third-order valence-electron chi connectivity index (χ3n) is 6.68. The van der Waals surface area contributed by atoms with Crippen LogP contribution in [-0.4, -0.2) is 48.7 Å². The molecule has 4 unspecified atom stereocenters. The molecule has 158 valence electrons. The zero-order valence-electron chi connectivity index (χ0n) is 16.7. The number of Topliss-reactive ketones (excluding diaryl/α,β-unsaturated/α-hetero) is 2. The van der Waals surface area contributed by atoms with Gasteiger partial charge in [-0.3, -0.25) is 9.59 Å². The third-order valence-corrected chi connectivity index (χ3v) is 6.68. The van der Waals surface area contributed by atoms with E-state index in [2.05, 4.69) is 0 Å². The molecular weight excluding hydrogens is 390 g/mol. The Bertz CT molecular complexity index is 1180. The number of hydrogen-bond donors (Lipinski definition) is 6. The van der Waals surface area contributed by atoms with Crippen LogP contribution >= 0.6 is 0 Å². The number of carbonyl (C=O) groups is 2. The molecule has 2 aromatic carbocycles. The Labute approximate surface area is 171 Å². The van der Waals surface area contributed by atoms with Crippen molar-refractivity contribution in [3.63, 3.8) is 0 Å². The maximum Gasteiger partial charge on any atom is 0.187 e. The van der Waals surface area contributed by atoms with Crippen LogP contribution in [-0.2, 0) is 16.0 Å². The Hall–Kier alpha value is -2.94. The quantitative estimate of drug-likeness (QED) is 0.379. The number of fused-ring (bicyclic) bond motifs is 3. The average molecular weight is 413 g/mol. The number of rotatable bonds is 1. The highest BCUT2D eigenvalue weighted by atomic mass is 16.4. The van der Waals surface area contributed by atoms with Gasteiger partial charge >= 0.3 is 0 Å². The van der Waals surface area contributed by atoms with Gasteiger partial charge in [0.1, 0.15) is 28.9 Å². The van der Waals surface area contributed by atoms with Crippen molar-refractivity contribution in [2.24, 2.45) is 11.7 Å². The summed E-state index contributed by atoms with van der Waals surface area (Å²) in [5.41, 5.74) is 4.48. The summed E-state index contributed by atoms with van der Waals surface area (Å²) in [6.07, 6.45) is -1.92. The van der Waals surface area contributed by atoms with Crippen molar-refractivity contribution in [3.05, 3.63) is 45.7 Å². The second kappa shape index (κ2) is 6.28. The second-order valence-corrected chi connectivity index (χ2v) is 8.23. The van der Waals surface area contributed by atoms with E-state index in [0.29, 0.717) is 22.1 Å². The van der Waals surface area contributed by atoms with Crippen LogP contribution in [0.2, 0.25) is 0 Å². The topological polar surface area (TPSA) is 161 Å². The molecule has 2 aliphatic rings. The van der Waals surface area contributed by atoms with Gasteiger partial charge in [0.05, 0.1) is 11.4 Å². The molecule has 0 fully saturated rings. The van der Waals surface area contributed by atoms with Crippen LogP contribution in [0.3, 0.4) is 0 Å². The summed E-state index contributed by atoms with van der Waals surface area (Å²) in [6, 6.07) is 2.08. The van der Waals surface area contributed by atoms with Crippen molar-refractivity contribution in [1.82, 2.24) is 0 Å². The minimum Gasteiger partial charge on any atom is -0.508 e. The van der Waals surface area contributed by atoms with Crippen molar-refractivity contribution < 1.29 is 35.1 Å². The lowest BCUT2D eigenvalue weighted by molar-refractivity contribution is -0.147. The van der Waals surface area contributed by atoms with E-state index in [4.69, 9.17) is 5.73 Å². The molecule has 0 aliphatic heterocycles. The van der Waals surface area contributed by atoms with E-state index in [1.807, 2.05) is 0 Å². The largest absolute Gasteiger partial charge is 0.508 e. The van der Waals surface area contributed by atoms with Crippen LogP contribution in [0.25, 0.3) is 10.8 Å². The standard InChI is InChI=1S/C22H23NO7/c1-7-4-5-10-8(2)11-6-12-16(23)19(27)13(9(3)24)20(28)22(12,30)21(29)15(11)18(26)14(10)17(7)25/h4-5,12,16,21,25-26,28-30H,6,23H2,1-3H3. The van der Waals surface area contributed by atoms with Gasteiger partial charge in [-0.2, -0.15) is 0 Å². The summed E-state index contributed by atoms with van der Waals surface area (Å²) in [5, 5.41) is 55.4. The molecule has 4 atom stereocenters. The predicted molar refractivity (Wildman–Crippen MR) is 107 cm³/mol. The Kier molecular flexibility index (Phi) is 4.26. The van der Waals surface area contributed by atoms with Gasteiger partial charge in [-0.05, 0) is 49.3 Å². The lowest BCUT2D eigenvalue weighted by atomic mass is 9.61. The maximum atomic E-state index is 12.6. The smallest absolute Gasteiger partial charge is 0.187 e. The SMILES string of the molecule is CC(=O)C1=C(O)C2(O)C(O)c3c(c(C)c4ccc(C)c(O)c4c3O)CC2C(N)C1=O. The van der Waals surface area contributed by atoms with Crippen molar-refractivity contribution in [2.45, 2.75) is 44.9 Å². The molecule has 8 nitrogen and oxygen atoms in total. The Morgan fingerprint density at radius 1 is 1.17 bits per heavy atom. The zero-order chi connectivity index (χ0) is 22.3. The van der Waals surface area contributed by atoms with Crippen molar-refractivity contribution >= 4 is 22.3 Å². The van der Waals surface area contributed by atoms with E-state index in [1.165, 1.54) is 0 Å². The predicted octanol–water partition coefficient (Wildman–Crippen LogP) is 1.12. The number of aliphatic hydroxyl groups excluding tert-OH is 2. The Balaban J connectivity index is 2.09. The van der Waals surface area contributed by atoms with Crippen LogP contribution in [0.5, 0.6) is 11.5 Å². The van der Waals surface area contributed by atoms with E-state index in [0.717, 1.165) is 6.92 Å². The molecule has 0 saturated heterocycles. The molecule has 0 amide bonds. The van der Waals surface area contributed by atoms with Gasteiger partial charge in [-0.1, -0.05) is 12.1 Å². The third kappa shape index (κ3) is 2.26. The molecule has 8 heteroatoms. The highest BCUT2D eigenvalue weighted by molar-refractivity contribution is 6.22. The number of benzene rings is 2. The zero-order valence-corrected chi connectivity index (χ0v) is 16.7. The van der Waals surface area contributed by atoms with E-state index < -0.39 is 52.3 Å². The fraction of sp³-hybridized carbons (Fsp3) is 0.364. The van der Waals surface area contributed by atoms with Crippen LogP contribution in [0.4, 0.5) is 0 Å². The first-order chi connectivity index (χ1) is 13.9. The molecule has 0 spiro atoms. The molecule has 7 N–H and O–H groups in total. The minimum absolute atomic E-state index is 0.0327. The summed E-state index contributed by atoms with van der Waals surface area (Å²) in [6.45, 7) is 4.45. The molecule has 2 aliphatic carbocycles. The molecule has 0 saturated carbocycles.